The van der Waals surface area contributed by atoms with E-state index in [-0.39, 0.29) is 5.91 Å². The van der Waals surface area contributed by atoms with Crippen LogP contribution in [0.3, 0.4) is 0 Å². The van der Waals surface area contributed by atoms with Crippen LogP contribution in [0.2, 0.25) is 0 Å². The van der Waals surface area contributed by atoms with E-state index in [9.17, 15) is 4.79 Å². The fourth-order valence-corrected chi connectivity index (χ4v) is 3.40. The zero-order chi connectivity index (χ0) is 18.5. The van der Waals surface area contributed by atoms with Gasteiger partial charge >= 0.3 is 0 Å². The predicted octanol–water partition coefficient (Wildman–Crippen LogP) is 3.27. The average Bonchev–Trinajstić information content (AvgIpc) is 2.64. The van der Waals surface area contributed by atoms with Crippen LogP contribution in [0.1, 0.15) is 30.9 Å². The number of nitrogens with one attached hydrogen (secondary N) is 1. The summed E-state index contributed by atoms with van der Waals surface area (Å²) in [5, 5.41) is 3.14. The van der Waals surface area contributed by atoms with Crippen LogP contribution in [0.4, 0.5) is 11.5 Å². The Balaban J connectivity index is 1.56. The van der Waals surface area contributed by atoms with E-state index in [1.54, 1.807) is 0 Å². The van der Waals surface area contributed by atoms with Gasteiger partial charge in [-0.05, 0) is 36.1 Å². The predicted molar refractivity (Wildman–Crippen MR) is 107 cm³/mol. The molecule has 0 spiro atoms. The lowest BCUT2D eigenvalue weighted by atomic mass is 9.98. The number of carbonyl (C=O) groups excluding carboxylic acids is 1. The Morgan fingerprint density at radius 3 is 2.54 bits per heavy atom. The van der Waals surface area contributed by atoms with Crippen LogP contribution in [0.5, 0.6) is 0 Å². The molecule has 1 aromatic carbocycles. The van der Waals surface area contributed by atoms with Crippen LogP contribution in [0, 0.1) is 6.92 Å². The number of anilines is 2. The summed E-state index contributed by atoms with van der Waals surface area (Å²) < 4.78 is 0. The van der Waals surface area contributed by atoms with Gasteiger partial charge in [-0.25, -0.2) is 4.98 Å². The summed E-state index contributed by atoms with van der Waals surface area (Å²) in [5.74, 6) is 1.46. The number of carbonyl (C=O) groups is 1. The maximum absolute atomic E-state index is 12.6. The molecule has 1 aliphatic heterocycles. The minimum Gasteiger partial charge on any atom is -0.354 e. The molecule has 1 aromatic heterocycles. The van der Waals surface area contributed by atoms with Crippen molar-refractivity contribution in [1.29, 1.82) is 0 Å². The summed E-state index contributed by atoms with van der Waals surface area (Å²) in [6.45, 7) is 10.3. The van der Waals surface area contributed by atoms with E-state index in [0.717, 1.165) is 43.2 Å². The number of nitrogens with zero attached hydrogens (tertiary/aromatic N) is 3. The second-order valence-corrected chi connectivity index (χ2v) is 7.19. The molecule has 2 aromatic rings. The third-order valence-corrected chi connectivity index (χ3v) is 4.90. The second kappa shape index (κ2) is 8.32. The topological polar surface area (TPSA) is 48.5 Å². The molecule has 0 radical (unpaired) electrons. The molecule has 0 atom stereocenters. The molecular formula is C21H28N4O. The number of piperazine rings is 1. The fraction of sp³-hybridized carbons (Fsp3) is 0.429. The number of aryl methyl sites for hydroxylation is 1. The first kappa shape index (κ1) is 18.4. The third kappa shape index (κ3) is 4.41. The number of hydrogen-bond acceptors (Lipinski definition) is 4. The SMILES string of the molecule is Cc1cccc(C(C)C)c1NC(=O)CN1CCN(c2ccccn2)CC1. The highest BCUT2D eigenvalue weighted by molar-refractivity contribution is 5.94. The quantitative estimate of drug-likeness (QED) is 0.897. The highest BCUT2D eigenvalue weighted by Crippen LogP contribution is 2.27. The van der Waals surface area contributed by atoms with E-state index < -0.39 is 0 Å². The van der Waals surface area contributed by atoms with Crippen molar-refractivity contribution in [2.45, 2.75) is 26.7 Å². The molecule has 2 heterocycles. The summed E-state index contributed by atoms with van der Waals surface area (Å²) in [7, 11) is 0. The van der Waals surface area contributed by atoms with Crippen molar-refractivity contribution >= 4 is 17.4 Å². The van der Waals surface area contributed by atoms with Crippen LogP contribution in [-0.2, 0) is 4.79 Å². The monoisotopic (exact) mass is 352 g/mol. The summed E-state index contributed by atoms with van der Waals surface area (Å²) >= 11 is 0. The minimum atomic E-state index is 0.0625. The molecule has 5 nitrogen and oxygen atoms in total. The van der Waals surface area contributed by atoms with Gasteiger partial charge in [-0.3, -0.25) is 9.69 Å². The van der Waals surface area contributed by atoms with Gasteiger partial charge in [0.1, 0.15) is 5.82 Å². The lowest BCUT2D eigenvalue weighted by Crippen LogP contribution is -2.49. The third-order valence-electron chi connectivity index (χ3n) is 4.90. The van der Waals surface area contributed by atoms with E-state index in [1.165, 1.54) is 5.56 Å². The second-order valence-electron chi connectivity index (χ2n) is 7.19. The van der Waals surface area contributed by atoms with Gasteiger partial charge < -0.3 is 10.2 Å². The van der Waals surface area contributed by atoms with E-state index in [1.807, 2.05) is 37.4 Å². The number of pyridine rings is 1. The van der Waals surface area contributed by atoms with Crippen molar-refractivity contribution in [2.24, 2.45) is 0 Å². The molecule has 0 bridgehead atoms. The van der Waals surface area contributed by atoms with E-state index in [2.05, 4.69) is 46.1 Å². The van der Waals surface area contributed by atoms with Gasteiger partial charge in [-0.2, -0.15) is 0 Å². The smallest absolute Gasteiger partial charge is 0.238 e. The molecule has 26 heavy (non-hydrogen) atoms. The standard InChI is InChI=1S/C21H28N4O/c1-16(2)18-8-6-7-17(3)21(18)23-20(26)15-24-11-13-25(14-12-24)19-9-4-5-10-22-19/h4-10,16H,11-15H2,1-3H3,(H,23,26). The van der Waals surface area contributed by atoms with Crippen molar-refractivity contribution in [1.82, 2.24) is 9.88 Å². The summed E-state index contributed by atoms with van der Waals surface area (Å²) in [5.41, 5.74) is 3.28. The van der Waals surface area contributed by atoms with Gasteiger partial charge in [0.25, 0.3) is 0 Å². The lowest BCUT2D eigenvalue weighted by molar-refractivity contribution is -0.117. The maximum atomic E-state index is 12.6. The number of hydrogen-bond donors (Lipinski definition) is 1. The van der Waals surface area contributed by atoms with Crippen molar-refractivity contribution in [3.63, 3.8) is 0 Å². The van der Waals surface area contributed by atoms with Gasteiger partial charge in [0.15, 0.2) is 0 Å². The van der Waals surface area contributed by atoms with Gasteiger partial charge in [0.2, 0.25) is 5.91 Å². The Kier molecular flexibility index (Phi) is 5.89. The molecule has 5 heteroatoms. The average molecular weight is 352 g/mol. The number of para-hydroxylation sites is 1. The molecule has 138 valence electrons. The largest absolute Gasteiger partial charge is 0.354 e. The molecule has 0 aliphatic carbocycles. The minimum absolute atomic E-state index is 0.0625. The van der Waals surface area contributed by atoms with Crippen LogP contribution in [0.15, 0.2) is 42.6 Å². The Labute approximate surface area is 156 Å². The molecule has 3 rings (SSSR count). The summed E-state index contributed by atoms with van der Waals surface area (Å²) in [4.78, 5) is 21.5. The van der Waals surface area contributed by atoms with Crippen molar-refractivity contribution in [3.05, 3.63) is 53.7 Å². The molecule has 1 amide bonds. The van der Waals surface area contributed by atoms with Crippen molar-refractivity contribution < 1.29 is 4.79 Å². The fourth-order valence-electron chi connectivity index (χ4n) is 3.40. The van der Waals surface area contributed by atoms with Crippen LogP contribution >= 0.6 is 0 Å². The van der Waals surface area contributed by atoms with Crippen molar-refractivity contribution in [3.8, 4) is 0 Å². The Hall–Kier alpha value is -2.40. The lowest BCUT2D eigenvalue weighted by Gasteiger charge is -2.35. The van der Waals surface area contributed by atoms with Gasteiger partial charge in [0, 0.05) is 38.1 Å². The zero-order valence-corrected chi connectivity index (χ0v) is 15.9. The molecule has 1 aliphatic rings. The number of rotatable bonds is 5. The van der Waals surface area contributed by atoms with E-state index in [4.69, 9.17) is 0 Å². The van der Waals surface area contributed by atoms with Gasteiger partial charge in [0.05, 0.1) is 6.54 Å². The summed E-state index contributed by atoms with van der Waals surface area (Å²) in [6.07, 6.45) is 1.82. The summed E-state index contributed by atoms with van der Waals surface area (Å²) in [6, 6.07) is 12.2. The molecule has 1 N–H and O–H groups in total. The molecule has 1 fully saturated rings. The highest BCUT2D eigenvalue weighted by Gasteiger charge is 2.20. The number of amides is 1. The first-order valence-electron chi connectivity index (χ1n) is 9.32. The van der Waals surface area contributed by atoms with Crippen LogP contribution < -0.4 is 10.2 Å². The molecule has 1 saturated heterocycles. The van der Waals surface area contributed by atoms with Gasteiger partial charge in [-0.15, -0.1) is 0 Å². The van der Waals surface area contributed by atoms with Gasteiger partial charge in [-0.1, -0.05) is 38.1 Å². The number of aromatic nitrogens is 1. The van der Waals surface area contributed by atoms with E-state index in [0.29, 0.717) is 12.5 Å². The Bertz CT molecular complexity index is 737. The van der Waals surface area contributed by atoms with Crippen LogP contribution in [-0.4, -0.2) is 48.5 Å². The molecular weight excluding hydrogens is 324 g/mol. The van der Waals surface area contributed by atoms with Crippen molar-refractivity contribution in [2.75, 3.05) is 42.9 Å². The number of benzene rings is 1. The Morgan fingerprint density at radius 2 is 1.88 bits per heavy atom. The van der Waals surface area contributed by atoms with E-state index >= 15 is 0 Å². The zero-order valence-electron chi connectivity index (χ0n) is 15.9. The van der Waals surface area contributed by atoms with Crippen LogP contribution in [0.25, 0.3) is 0 Å². The highest BCUT2D eigenvalue weighted by atomic mass is 16.2. The maximum Gasteiger partial charge on any atom is 0.238 e. The molecule has 0 unspecified atom stereocenters. The first-order valence-corrected chi connectivity index (χ1v) is 9.32. The molecule has 0 saturated carbocycles. The normalized spacial score (nSPS) is 15.3. The first-order chi connectivity index (χ1) is 12.5. The Morgan fingerprint density at radius 1 is 1.12 bits per heavy atom.